The van der Waals surface area contributed by atoms with Crippen LogP contribution in [0, 0.1) is 0 Å². The van der Waals surface area contributed by atoms with Gasteiger partial charge in [-0.3, -0.25) is 19.5 Å². The number of aliphatic carboxylic acids is 1. The summed E-state index contributed by atoms with van der Waals surface area (Å²) in [6, 6.07) is 0. The lowest BCUT2D eigenvalue weighted by atomic mass is 10.1. The number of hydrogen-bond acceptors (Lipinski definition) is 3. The highest BCUT2D eigenvalue weighted by Crippen LogP contribution is 2.09. The summed E-state index contributed by atoms with van der Waals surface area (Å²) in [5.74, 6) is -1.42. The number of aliphatic imine (C=N–C) groups is 1. The first-order valence-electron chi connectivity index (χ1n) is 10.6. The van der Waals surface area contributed by atoms with Gasteiger partial charge in [0, 0.05) is 13.5 Å². The summed E-state index contributed by atoms with van der Waals surface area (Å²) in [5, 5.41) is 8.87. The lowest BCUT2D eigenvalue weighted by Crippen LogP contribution is -2.44. The van der Waals surface area contributed by atoms with Crippen LogP contribution in [0.4, 0.5) is 0 Å². The maximum Gasteiger partial charge on any atom is 0.323 e. The number of guanidine groups is 1. The molecule has 6 nitrogen and oxygen atoms in total. The molecule has 1 amide bonds. The molecule has 0 radical (unpaired) electrons. The van der Waals surface area contributed by atoms with Crippen molar-refractivity contribution >= 4 is 17.8 Å². The van der Waals surface area contributed by atoms with Crippen molar-refractivity contribution in [3.8, 4) is 0 Å². The van der Waals surface area contributed by atoms with Gasteiger partial charge in [-0.15, -0.1) is 0 Å². The molecule has 28 heavy (non-hydrogen) atoms. The average molecular weight is 394 g/mol. The number of carbonyl (C=O) groups is 2. The van der Waals surface area contributed by atoms with E-state index in [2.05, 4.69) is 36.2 Å². The molecule has 0 aliphatic rings. The highest BCUT2D eigenvalue weighted by atomic mass is 16.4. The zero-order chi connectivity index (χ0) is 21.0. The van der Waals surface area contributed by atoms with Crippen LogP contribution in [0.15, 0.2) is 29.3 Å². The normalized spacial score (nSPS) is 12.1. The number of allylic oxidation sites excluding steroid dienone is 4. The minimum absolute atomic E-state index is 0.0463. The molecular weight excluding hydrogens is 354 g/mol. The Morgan fingerprint density at radius 2 is 1.50 bits per heavy atom. The Morgan fingerprint density at radius 1 is 0.929 bits per heavy atom. The molecule has 0 saturated heterocycles. The average Bonchev–Trinajstić information content (AvgIpc) is 2.68. The van der Waals surface area contributed by atoms with Crippen LogP contribution < -0.4 is 5.73 Å². The van der Waals surface area contributed by atoms with Crippen molar-refractivity contribution in [3.05, 3.63) is 24.3 Å². The van der Waals surface area contributed by atoms with E-state index >= 15 is 0 Å². The van der Waals surface area contributed by atoms with Gasteiger partial charge in [0.05, 0.1) is 0 Å². The number of unbranched alkanes of at least 4 members (excludes halogenated alkanes) is 8. The predicted molar refractivity (Wildman–Crippen MR) is 116 cm³/mol. The third-order valence-corrected chi connectivity index (χ3v) is 4.44. The molecule has 0 rings (SSSR count). The smallest absolute Gasteiger partial charge is 0.323 e. The fourth-order valence-electron chi connectivity index (χ4n) is 2.78. The number of carbonyl (C=O) groups excluding carboxylic acids is 1. The number of carboxylic acid groups (broad SMARTS) is 1. The first-order valence-corrected chi connectivity index (χ1v) is 10.6. The lowest BCUT2D eigenvalue weighted by molar-refractivity contribution is -0.141. The van der Waals surface area contributed by atoms with Crippen LogP contribution in [0.5, 0.6) is 0 Å². The molecule has 0 unspecified atom stereocenters. The summed E-state index contributed by atoms with van der Waals surface area (Å²) < 4.78 is 0. The Bertz CT molecular complexity index is 513. The van der Waals surface area contributed by atoms with E-state index in [1.165, 1.54) is 32.7 Å². The molecule has 6 heteroatoms. The second-order valence-corrected chi connectivity index (χ2v) is 6.94. The third kappa shape index (κ3) is 15.0. The van der Waals surface area contributed by atoms with Gasteiger partial charge < -0.3 is 10.8 Å². The summed E-state index contributed by atoms with van der Waals surface area (Å²) in [6.07, 6.45) is 21.6. The van der Waals surface area contributed by atoms with Crippen LogP contribution in [0.2, 0.25) is 0 Å². The second kappa shape index (κ2) is 18.3. The van der Waals surface area contributed by atoms with Crippen molar-refractivity contribution in [1.29, 1.82) is 0 Å². The number of nitrogens with two attached hydrogens (primary N) is 1. The minimum atomic E-state index is -1.10. The van der Waals surface area contributed by atoms with E-state index in [0.717, 1.165) is 49.8 Å². The van der Waals surface area contributed by atoms with E-state index in [0.29, 0.717) is 6.42 Å². The Balaban J connectivity index is 3.71. The van der Waals surface area contributed by atoms with Crippen LogP contribution in [0.1, 0.15) is 84.0 Å². The molecule has 0 bridgehead atoms. The molecule has 0 fully saturated rings. The molecule has 0 aromatic carbocycles. The first-order chi connectivity index (χ1) is 13.5. The zero-order valence-electron chi connectivity index (χ0n) is 17.7. The fourth-order valence-corrected chi connectivity index (χ4v) is 2.78. The van der Waals surface area contributed by atoms with Gasteiger partial charge in [0.15, 0.2) is 5.96 Å². The summed E-state index contributed by atoms with van der Waals surface area (Å²) in [4.78, 5) is 27.7. The van der Waals surface area contributed by atoms with Gasteiger partial charge in [0.1, 0.15) is 6.54 Å². The Hall–Kier alpha value is -2.11. The molecule has 0 aliphatic heterocycles. The summed E-state index contributed by atoms with van der Waals surface area (Å²) in [6.45, 7) is 1.78. The Kier molecular flexibility index (Phi) is 16.9. The van der Waals surface area contributed by atoms with E-state index < -0.39 is 12.5 Å². The molecule has 0 heterocycles. The molecule has 160 valence electrons. The van der Waals surface area contributed by atoms with Gasteiger partial charge in [0.25, 0.3) is 0 Å². The largest absolute Gasteiger partial charge is 0.480 e. The van der Waals surface area contributed by atoms with Gasteiger partial charge in [-0.1, -0.05) is 63.3 Å². The summed E-state index contributed by atoms with van der Waals surface area (Å²) >= 11 is 0. The standard InChI is InChI=1S/C22H39N3O3/c1-3-4-5-6-7-8-9-10-11-12-13-14-15-16-17-18-20(26)25(19-21(27)28)22(23)24-2/h7-8,10-11H,3-6,9,12-19H2,1-2H3,(H2,23,24)(H,27,28)/b8-7-,11-10-. The Morgan fingerprint density at radius 3 is 2.07 bits per heavy atom. The summed E-state index contributed by atoms with van der Waals surface area (Å²) in [5.41, 5.74) is 5.60. The van der Waals surface area contributed by atoms with Crippen LogP contribution >= 0.6 is 0 Å². The zero-order valence-corrected chi connectivity index (χ0v) is 17.7. The Labute approximate surface area is 170 Å². The number of rotatable bonds is 16. The monoisotopic (exact) mass is 393 g/mol. The van der Waals surface area contributed by atoms with E-state index in [4.69, 9.17) is 10.8 Å². The molecule has 0 aromatic rings. The number of nitrogens with zero attached hydrogens (tertiary/aromatic N) is 2. The fraction of sp³-hybridized carbons (Fsp3) is 0.682. The van der Waals surface area contributed by atoms with Crippen molar-refractivity contribution < 1.29 is 14.7 Å². The van der Waals surface area contributed by atoms with Crippen LogP contribution in [0.25, 0.3) is 0 Å². The maximum absolute atomic E-state index is 12.1. The minimum Gasteiger partial charge on any atom is -0.480 e. The molecular formula is C22H39N3O3. The maximum atomic E-state index is 12.1. The van der Waals surface area contributed by atoms with Crippen LogP contribution in [-0.2, 0) is 9.59 Å². The molecule has 0 atom stereocenters. The topological polar surface area (TPSA) is 96.0 Å². The van der Waals surface area contributed by atoms with Gasteiger partial charge in [0.2, 0.25) is 5.91 Å². The first kappa shape index (κ1) is 25.9. The van der Waals surface area contributed by atoms with Crippen molar-refractivity contribution in [2.24, 2.45) is 10.7 Å². The number of carboxylic acids is 1. The van der Waals surface area contributed by atoms with Crippen molar-refractivity contribution in [1.82, 2.24) is 4.90 Å². The van der Waals surface area contributed by atoms with E-state index in [9.17, 15) is 9.59 Å². The second-order valence-electron chi connectivity index (χ2n) is 6.94. The van der Waals surface area contributed by atoms with Gasteiger partial charge >= 0.3 is 5.97 Å². The van der Waals surface area contributed by atoms with Crippen LogP contribution in [0.3, 0.4) is 0 Å². The van der Waals surface area contributed by atoms with Crippen molar-refractivity contribution in [2.45, 2.75) is 84.0 Å². The van der Waals surface area contributed by atoms with E-state index in [1.54, 1.807) is 0 Å². The lowest BCUT2D eigenvalue weighted by Gasteiger charge is -2.19. The molecule has 0 saturated carbocycles. The van der Waals surface area contributed by atoms with Gasteiger partial charge in [-0.25, -0.2) is 0 Å². The molecule has 0 spiro atoms. The van der Waals surface area contributed by atoms with Crippen molar-refractivity contribution in [3.63, 3.8) is 0 Å². The van der Waals surface area contributed by atoms with Gasteiger partial charge in [-0.05, 0) is 38.5 Å². The quantitative estimate of drug-likeness (QED) is 0.172. The third-order valence-electron chi connectivity index (χ3n) is 4.44. The van der Waals surface area contributed by atoms with Crippen LogP contribution in [-0.4, -0.2) is 41.4 Å². The van der Waals surface area contributed by atoms with E-state index in [1.807, 2.05) is 0 Å². The summed E-state index contributed by atoms with van der Waals surface area (Å²) in [7, 11) is 1.44. The number of amides is 1. The highest BCUT2D eigenvalue weighted by Gasteiger charge is 2.19. The highest BCUT2D eigenvalue weighted by molar-refractivity contribution is 5.98. The van der Waals surface area contributed by atoms with Gasteiger partial charge in [-0.2, -0.15) is 0 Å². The van der Waals surface area contributed by atoms with Crippen molar-refractivity contribution in [2.75, 3.05) is 13.6 Å². The van der Waals surface area contributed by atoms with E-state index in [-0.39, 0.29) is 11.9 Å². The molecule has 0 aliphatic carbocycles. The number of hydrogen-bond donors (Lipinski definition) is 2. The molecule has 0 aromatic heterocycles. The predicted octanol–water partition coefficient (Wildman–Crippen LogP) is 4.66. The SMILES string of the molecule is CCCCC/C=C\C/C=C\CCCCCCCC(=O)N(CC(=O)O)C(N)=NC. The molecule has 3 N–H and O–H groups in total.